The minimum atomic E-state index is -5.01. The van der Waals surface area contributed by atoms with Gasteiger partial charge in [-0.1, -0.05) is 43.3 Å². The topological polar surface area (TPSA) is 81.7 Å². The molecule has 1 aliphatic heterocycles. The maximum atomic E-state index is 15.5. The van der Waals surface area contributed by atoms with Gasteiger partial charge in [-0.05, 0) is 74.9 Å². The first-order valence-electron chi connectivity index (χ1n) is 13.9. The van der Waals surface area contributed by atoms with Gasteiger partial charge in [-0.15, -0.1) is 0 Å². The van der Waals surface area contributed by atoms with Crippen LogP contribution in [0.5, 0.6) is 0 Å². The van der Waals surface area contributed by atoms with Crippen LogP contribution in [-0.4, -0.2) is 61.2 Å². The van der Waals surface area contributed by atoms with E-state index in [-0.39, 0.29) is 37.4 Å². The summed E-state index contributed by atoms with van der Waals surface area (Å²) in [6.07, 6.45) is -2.08. The average Bonchev–Trinajstić information content (AvgIpc) is 2.94. The Balaban J connectivity index is 1.97. The number of benzene rings is 2. The van der Waals surface area contributed by atoms with Gasteiger partial charge in [-0.3, -0.25) is 9.59 Å². The summed E-state index contributed by atoms with van der Waals surface area (Å²) in [7, 11) is 1.81. The van der Waals surface area contributed by atoms with Crippen LogP contribution in [0.3, 0.4) is 0 Å². The lowest BCUT2D eigenvalue weighted by Crippen LogP contribution is -2.48. The number of likely N-dealkylation sites (tertiary alicyclic amines) is 1. The van der Waals surface area contributed by atoms with Gasteiger partial charge in [0.25, 0.3) is 0 Å². The molecule has 1 fully saturated rings. The Morgan fingerprint density at radius 2 is 1.85 bits per heavy atom. The van der Waals surface area contributed by atoms with Crippen molar-refractivity contribution in [3.05, 3.63) is 59.4 Å². The van der Waals surface area contributed by atoms with E-state index < -0.39 is 29.4 Å². The molecule has 0 aliphatic carbocycles. The number of nitrogens with zero attached hydrogens (tertiary/aromatic N) is 1. The molecule has 1 aliphatic rings. The van der Waals surface area contributed by atoms with E-state index in [0.717, 1.165) is 12.0 Å². The number of hydrogen-bond acceptors (Lipinski definition) is 4. The Hall–Kier alpha value is -2.98. The van der Waals surface area contributed by atoms with Crippen molar-refractivity contribution in [3.8, 4) is 11.1 Å². The molecule has 3 N–H and O–H groups in total. The summed E-state index contributed by atoms with van der Waals surface area (Å²) in [4.78, 5) is 26.0. The van der Waals surface area contributed by atoms with Crippen LogP contribution >= 0.6 is 0 Å². The summed E-state index contributed by atoms with van der Waals surface area (Å²) >= 11 is 0. The van der Waals surface area contributed by atoms with Gasteiger partial charge >= 0.3 is 12.1 Å². The van der Waals surface area contributed by atoms with E-state index in [1.807, 2.05) is 37.5 Å². The third-order valence-corrected chi connectivity index (χ3v) is 7.65. The molecule has 0 radical (unpaired) electrons. The molecule has 0 bridgehead atoms. The molecule has 0 aromatic heterocycles. The van der Waals surface area contributed by atoms with Crippen LogP contribution < -0.4 is 10.6 Å². The van der Waals surface area contributed by atoms with E-state index in [1.54, 1.807) is 17.0 Å². The normalized spacial score (nSPS) is 17.4. The number of carbonyl (C=O) groups excluding carboxylic acids is 2. The lowest BCUT2D eigenvalue weighted by Gasteiger charge is -2.43. The Morgan fingerprint density at radius 1 is 1.10 bits per heavy atom. The quantitative estimate of drug-likeness (QED) is 0.252. The first-order chi connectivity index (χ1) is 19.0. The monoisotopic (exact) mass is 565 g/mol. The number of carbonyl (C=O) groups is 2. The smallest absolute Gasteiger partial charge is 0.385 e. The number of nitrogens with one attached hydrogen (secondary N) is 2. The van der Waals surface area contributed by atoms with Gasteiger partial charge in [0.05, 0.1) is 5.60 Å². The third kappa shape index (κ3) is 7.81. The van der Waals surface area contributed by atoms with E-state index in [1.165, 1.54) is 12.1 Å². The zero-order valence-electron chi connectivity index (χ0n) is 23.1. The summed E-state index contributed by atoms with van der Waals surface area (Å²) in [5.41, 5.74) is 0.481. The van der Waals surface area contributed by atoms with E-state index in [4.69, 9.17) is 0 Å². The lowest BCUT2D eigenvalue weighted by molar-refractivity contribution is -0.173. The highest BCUT2D eigenvalue weighted by Crippen LogP contribution is 2.44. The maximum Gasteiger partial charge on any atom is 0.471 e. The molecule has 0 spiro atoms. The largest absolute Gasteiger partial charge is 0.471 e. The highest BCUT2D eigenvalue weighted by Gasteiger charge is 2.43. The average molecular weight is 566 g/mol. The Kier molecular flexibility index (Phi) is 11.1. The fraction of sp³-hybridized carbons (Fsp3) is 0.533. The fourth-order valence-corrected chi connectivity index (χ4v) is 5.51. The summed E-state index contributed by atoms with van der Waals surface area (Å²) < 4.78 is 53.6. The highest BCUT2D eigenvalue weighted by molar-refractivity contribution is 5.81. The van der Waals surface area contributed by atoms with Crippen LogP contribution in [0.15, 0.2) is 42.5 Å². The summed E-state index contributed by atoms with van der Waals surface area (Å²) in [6, 6.07) is 11.9. The standard InChI is InChI=1S/C30H39F4N3O3/c1-3-21-9-4-10-22(19-21)27-24(12-5-13-25(27)31)29(40,15-8-17-36-28(39)30(32,33)34)23-11-7-18-37(20-23)26(38)14-6-16-35-2/h4-5,9-10,12-13,19,23,35,40H,3,6-8,11,14-18,20H2,1-2H3,(H,36,39)/t23-,29+/m1/s1. The van der Waals surface area contributed by atoms with Gasteiger partial charge in [-0.2, -0.15) is 13.2 Å². The second kappa shape index (κ2) is 14.1. The minimum Gasteiger partial charge on any atom is -0.385 e. The Bertz CT molecular complexity index is 1160. The van der Waals surface area contributed by atoms with Crippen LogP contribution in [0.25, 0.3) is 11.1 Å². The van der Waals surface area contributed by atoms with Gasteiger partial charge in [0.2, 0.25) is 5.91 Å². The van der Waals surface area contributed by atoms with Crippen molar-refractivity contribution in [2.24, 2.45) is 5.92 Å². The third-order valence-electron chi connectivity index (χ3n) is 7.65. The van der Waals surface area contributed by atoms with Crippen LogP contribution in [0.4, 0.5) is 17.6 Å². The number of piperidine rings is 1. The molecule has 1 saturated heterocycles. The minimum absolute atomic E-state index is 0.0237. The molecule has 40 heavy (non-hydrogen) atoms. The molecule has 220 valence electrons. The number of hydrogen-bond donors (Lipinski definition) is 3. The number of alkyl halides is 3. The van der Waals surface area contributed by atoms with Crippen LogP contribution in [0, 0.1) is 11.7 Å². The van der Waals surface area contributed by atoms with Crippen LogP contribution in [0.2, 0.25) is 0 Å². The molecule has 1 heterocycles. The van der Waals surface area contributed by atoms with E-state index in [9.17, 15) is 27.9 Å². The molecule has 2 aromatic carbocycles. The number of halogens is 4. The molecular formula is C30H39F4N3O3. The van der Waals surface area contributed by atoms with Crippen molar-refractivity contribution in [1.82, 2.24) is 15.5 Å². The van der Waals surface area contributed by atoms with Crippen molar-refractivity contribution < 1.29 is 32.3 Å². The molecule has 10 heteroatoms. The van der Waals surface area contributed by atoms with Gasteiger partial charge in [0.15, 0.2) is 0 Å². The second-order valence-electron chi connectivity index (χ2n) is 10.4. The molecular weight excluding hydrogens is 526 g/mol. The molecule has 6 nitrogen and oxygen atoms in total. The van der Waals surface area contributed by atoms with Gasteiger partial charge in [0.1, 0.15) is 5.82 Å². The zero-order valence-corrected chi connectivity index (χ0v) is 23.1. The van der Waals surface area contributed by atoms with Crippen molar-refractivity contribution in [2.45, 2.75) is 63.6 Å². The summed E-state index contributed by atoms with van der Waals surface area (Å²) in [5, 5.41) is 17.3. The maximum absolute atomic E-state index is 15.5. The van der Waals surface area contributed by atoms with Crippen molar-refractivity contribution in [2.75, 3.05) is 33.2 Å². The van der Waals surface area contributed by atoms with E-state index in [2.05, 4.69) is 5.32 Å². The molecule has 3 rings (SSSR count). The lowest BCUT2D eigenvalue weighted by atomic mass is 9.72. The summed E-state index contributed by atoms with van der Waals surface area (Å²) in [6.45, 7) is 3.16. The first-order valence-corrected chi connectivity index (χ1v) is 13.9. The van der Waals surface area contributed by atoms with Gasteiger partial charge in [-0.25, -0.2) is 4.39 Å². The molecule has 2 aromatic rings. The predicted octanol–water partition coefficient (Wildman–Crippen LogP) is 4.94. The Labute approximate surface area is 233 Å². The van der Waals surface area contributed by atoms with Crippen LogP contribution in [-0.2, 0) is 21.6 Å². The van der Waals surface area contributed by atoms with Gasteiger partial charge < -0.3 is 20.6 Å². The number of aliphatic hydroxyl groups is 1. The second-order valence-corrected chi connectivity index (χ2v) is 10.4. The number of rotatable bonds is 12. The fourth-order valence-electron chi connectivity index (χ4n) is 5.51. The highest BCUT2D eigenvalue weighted by atomic mass is 19.4. The van der Waals surface area contributed by atoms with Crippen molar-refractivity contribution in [3.63, 3.8) is 0 Å². The van der Waals surface area contributed by atoms with Crippen molar-refractivity contribution in [1.29, 1.82) is 0 Å². The Morgan fingerprint density at radius 3 is 2.55 bits per heavy atom. The number of amides is 2. The van der Waals surface area contributed by atoms with E-state index >= 15 is 4.39 Å². The SMILES string of the molecule is CCc1cccc(-c2c(F)cccc2[C@](O)(CCCNC(=O)C(F)(F)F)[C@@H]2CCCN(C(=O)CCCNC)C2)c1. The zero-order chi connectivity index (χ0) is 29.3. The van der Waals surface area contributed by atoms with Gasteiger partial charge in [0, 0.05) is 37.5 Å². The first kappa shape index (κ1) is 31.5. The number of aryl methyl sites for hydroxylation is 1. The summed E-state index contributed by atoms with van der Waals surface area (Å²) in [5.74, 6) is -3.09. The van der Waals surface area contributed by atoms with Crippen molar-refractivity contribution >= 4 is 11.8 Å². The predicted molar refractivity (Wildman–Crippen MR) is 146 cm³/mol. The molecule has 2 atom stereocenters. The molecule has 2 amide bonds. The molecule has 0 unspecified atom stereocenters. The van der Waals surface area contributed by atoms with Crippen LogP contribution in [0.1, 0.15) is 56.6 Å². The van der Waals surface area contributed by atoms with E-state index in [0.29, 0.717) is 49.9 Å². The molecule has 0 saturated carbocycles.